The van der Waals surface area contributed by atoms with Crippen LogP contribution in [0.25, 0.3) is 0 Å². The van der Waals surface area contributed by atoms with Crippen molar-refractivity contribution in [2.24, 2.45) is 17.6 Å². The molecule has 2 aliphatic heterocycles. The number of hydrogen-bond acceptors (Lipinski definition) is 4. The first-order valence-electron chi connectivity index (χ1n) is 8.34. The van der Waals surface area contributed by atoms with Gasteiger partial charge in [0, 0.05) is 25.7 Å². The standard InChI is InChI=1S/C17H25FN4O.ClH/c1-11(19)12-6-8-22(9-7-12)17(23)15-10-20-21-16(15)13-2-4-14(18)5-3-13;/h2-5,11-12,15-16,20-21H,6-10,19H2,1H3;1H. The molecule has 2 aliphatic rings. The molecule has 1 aromatic rings. The predicted octanol–water partition coefficient (Wildman–Crippen LogP) is 1.60. The number of hydrazine groups is 1. The molecule has 134 valence electrons. The van der Waals surface area contributed by atoms with E-state index in [0.717, 1.165) is 31.5 Å². The highest BCUT2D eigenvalue weighted by Crippen LogP contribution is 2.29. The Bertz CT molecular complexity index is 546. The fourth-order valence-electron chi connectivity index (χ4n) is 3.59. The summed E-state index contributed by atoms with van der Waals surface area (Å²) in [7, 11) is 0. The highest BCUT2D eigenvalue weighted by atomic mass is 35.5. The fourth-order valence-corrected chi connectivity index (χ4v) is 3.59. The van der Waals surface area contributed by atoms with E-state index in [1.165, 1.54) is 12.1 Å². The summed E-state index contributed by atoms with van der Waals surface area (Å²) in [4.78, 5) is 14.8. The van der Waals surface area contributed by atoms with Crippen LogP contribution in [-0.2, 0) is 4.79 Å². The van der Waals surface area contributed by atoms with Gasteiger partial charge in [0.25, 0.3) is 0 Å². The molecule has 0 bridgehead atoms. The smallest absolute Gasteiger partial charge is 0.229 e. The molecule has 3 atom stereocenters. The van der Waals surface area contributed by atoms with Crippen molar-refractivity contribution in [3.63, 3.8) is 0 Å². The van der Waals surface area contributed by atoms with Crippen LogP contribution in [0.1, 0.15) is 31.4 Å². The van der Waals surface area contributed by atoms with Crippen molar-refractivity contribution in [2.75, 3.05) is 19.6 Å². The average molecular weight is 357 g/mol. The number of nitrogens with zero attached hydrogens (tertiary/aromatic N) is 1. The maximum absolute atomic E-state index is 13.1. The number of amides is 1. The molecule has 0 saturated carbocycles. The number of nitrogens with one attached hydrogen (secondary N) is 2. The lowest BCUT2D eigenvalue weighted by Crippen LogP contribution is -2.46. The van der Waals surface area contributed by atoms with Gasteiger partial charge >= 0.3 is 0 Å². The lowest BCUT2D eigenvalue weighted by Gasteiger charge is -2.35. The molecule has 7 heteroatoms. The Morgan fingerprint density at radius 3 is 2.50 bits per heavy atom. The Balaban J connectivity index is 0.00000208. The van der Waals surface area contributed by atoms with E-state index in [1.54, 1.807) is 12.1 Å². The van der Waals surface area contributed by atoms with E-state index >= 15 is 0 Å². The number of halogens is 2. The summed E-state index contributed by atoms with van der Waals surface area (Å²) in [5.41, 5.74) is 13.1. The fraction of sp³-hybridized carbons (Fsp3) is 0.588. The topological polar surface area (TPSA) is 70.4 Å². The summed E-state index contributed by atoms with van der Waals surface area (Å²) >= 11 is 0. The number of likely N-dealkylation sites (tertiary alicyclic amines) is 1. The second-order valence-electron chi connectivity index (χ2n) is 6.68. The number of benzene rings is 1. The Morgan fingerprint density at radius 2 is 1.92 bits per heavy atom. The molecule has 2 heterocycles. The third-order valence-corrected chi connectivity index (χ3v) is 5.12. The first-order chi connectivity index (χ1) is 11.1. The Kier molecular flexibility index (Phi) is 6.57. The van der Waals surface area contributed by atoms with Crippen molar-refractivity contribution >= 4 is 18.3 Å². The lowest BCUT2D eigenvalue weighted by atomic mass is 9.89. The molecule has 4 N–H and O–H groups in total. The van der Waals surface area contributed by atoms with Gasteiger partial charge in [-0.2, -0.15) is 0 Å². The minimum absolute atomic E-state index is 0. The molecule has 1 aromatic carbocycles. The third kappa shape index (κ3) is 4.06. The van der Waals surface area contributed by atoms with Crippen LogP contribution in [0.5, 0.6) is 0 Å². The van der Waals surface area contributed by atoms with Gasteiger partial charge in [-0.25, -0.2) is 9.82 Å². The van der Waals surface area contributed by atoms with Crippen LogP contribution in [0.4, 0.5) is 4.39 Å². The van der Waals surface area contributed by atoms with Gasteiger partial charge < -0.3 is 10.6 Å². The van der Waals surface area contributed by atoms with Gasteiger partial charge in [0.1, 0.15) is 5.82 Å². The largest absolute Gasteiger partial charge is 0.342 e. The number of rotatable bonds is 3. The van der Waals surface area contributed by atoms with Gasteiger partial charge in [-0.05, 0) is 43.4 Å². The number of nitrogens with two attached hydrogens (primary N) is 1. The SMILES string of the molecule is CC(N)C1CCN(C(=O)C2CNNC2c2ccc(F)cc2)CC1.Cl. The first kappa shape index (κ1) is 19.1. The summed E-state index contributed by atoms with van der Waals surface area (Å²) in [6.45, 7) is 4.18. The highest BCUT2D eigenvalue weighted by Gasteiger charge is 2.37. The predicted molar refractivity (Wildman–Crippen MR) is 94.0 cm³/mol. The van der Waals surface area contributed by atoms with Gasteiger partial charge in [0.15, 0.2) is 0 Å². The van der Waals surface area contributed by atoms with E-state index in [1.807, 2.05) is 11.8 Å². The van der Waals surface area contributed by atoms with Gasteiger partial charge in [-0.1, -0.05) is 12.1 Å². The second-order valence-corrected chi connectivity index (χ2v) is 6.68. The van der Waals surface area contributed by atoms with Gasteiger partial charge in [0.2, 0.25) is 5.91 Å². The van der Waals surface area contributed by atoms with E-state index < -0.39 is 0 Å². The molecular formula is C17H26ClFN4O. The van der Waals surface area contributed by atoms with E-state index in [4.69, 9.17) is 5.73 Å². The molecule has 3 rings (SSSR count). The number of carbonyl (C=O) groups is 1. The van der Waals surface area contributed by atoms with E-state index in [2.05, 4.69) is 10.9 Å². The van der Waals surface area contributed by atoms with E-state index in [-0.39, 0.29) is 42.1 Å². The zero-order valence-corrected chi connectivity index (χ0v) is 14.7. The molecule has 0 spiro atoms. The van der Waals surface area contributed by atoms with E-state index in [9.17, 15) is 9.18 Å². The molecule has 2 saturated heterocycles. The van der Waals surface area contributed by atoms with Gasteiger partial charge in [0.05, 0.1) is 12.0 Å². The number of hydrogen-bond donors (Lipinski definition) is 3. The Labute approximate surface area is 148 Å². The molecular weight excluding hydrogens is 331 g/mol. The van der Waals surface area contributed by atoms with Gasteiger partial charge in [-0.15, -0.1) is 12.4 Å². The second kappa shape index (κ2) is 8.25. The summed E-state index contributed by atoms with van der Waals surface area (Å²) in [6.07, 6.45) is 1.94. The zero-order chi connectivity index (χ0) is 16.4. The van der Waals surface area contributed by atoms with Crippen molar-refractivity contribution in [2.45, 2.75) is 31.8 Å². The molecule has 1 amide bonds. The quantitative estimate of drug-likeness (QED) is 0.769. The van der Waals surface area contributed by atoms with E-state index in [0.29, 0.717) is 12.5 Å². The van der Waals surface area contributed by atoms with Crippen LogP contribution >= 0.6 is 12.4 Å². The average Bonchev–Trinajstić information content (AvgIpc) is 3.04. The van der Waals surface area contributed by atoms with Crippen molar-refractivity contribution in [1.29, 1.82) is 0 Å². The molecule has 5 nitrogen and oxygen atoms in total. The molecule has 2 fully saturated rings. The van der Waals surface area contributed by atoms with Crippen LogP contribution in [0.3, 0.4) is 0 Å². The summed E-state index contributed by atoms with van der Waals surface area (Å²) in [5, 5.41) is 0. The first-order valence-corrected chi connectivity index (χ1v) is 8.34. The van der Waals surface area contributed by atoms with Crippen molar-refractivity contribution in [3.05, 3.63) is 35.6 Å². The minimum Gasteiger partial charge on any atom is -0.342 e. The molecule has 0 aliphatic carbocycles. The van der Waals surface area contributed by atoms with Gasteiger partial charge in [-0.3, -0.25) is 10.2 Å². The van der Waals surface area contributed by atoms with Crippen LogP contribution in [0.2, 0.25) is 0 Å². The summed E-state index contributed by atoms with van der Waals surface area (Å²) in [6, 6.07) is 6.42. The molecule has 3 unspecified atom stereocenters. The Morgan fingerprint density at radius 1 is 1.29 bits per heavy atom. The van der Waals surface area contributed by atoms with Crippen LogP contribution in [-0.4, -0.2) is 36.5 Å². The monoisotopic (exact) mass is 356 g/mol. The number of piperidine rings is 1. The van der Waals surface area contributed by atoms with Crippen LogP contribution < -0.4 is 16.6 Å². The maximum Gasteiger partial charge on any atom is 0.229 e. The molecule has 0 radical (unpaired) electrons. The lowest BCUT2D eigenvalue weighted by molar-refractivity contribution is -0.137. The summed E-state index contributed by atoms with van der Waals surface area (Å²) < 4.78 is 13.1. The van der Waals surface area contributed by atoms with Crippen LogP contribution in [0.15, 0.2) is 24.3 Å². The van der Waals surface area contributed by atoms with Crippen LogP contribution in [0, 0.1) is 17.7 Å². The zero-order valence-electron chi connectivity index (χ0n) is 13.9. The summed E-state index contributed by atoms with van der Waals surface area (Å²) in [5.74, 6) is 0.250. The Hall–Kier alpha value is -1.21. The minimum atomic E-state index is -0.263. The van der Waals surface area contributed by atoms with Crippen molar-refractivity contribution in [1.82, 2.24) is 15.8 Å². The normalized spacial score (nSPS) is 26.0. The van der Waals surface area contributed by atoms with Crippen molar-refractivity contribution in [3.8, 4) is 0 Å². The maximum atomic E-state index is 13.1. The highest BCUT2D eigenvalue weighted by molar-refractivity contribution is 5.85. The molecule has 24 heavy (non-hydrogen) atoms. The van der Waals surface area contributed by atoms with Crippen molar-refractivity contribution < 1.29 is 9.18 Å². The molecule has 0 aromatic heterocycles. The number of carbonyl (C=O) groups excluding carboxylic acids is 1. The third-order valence-electron chi connectivity index (χ3n) is 5.12.